The zero-order valence-corrected chi connectivity index (χ0v) is 16.9. The van der Waals surface area contributed by atoms with Crippen LogP contribution < -0.4 is 16.0 Å². The molecule has 3 heterocycles. The lowest BCUT2D eigenvalue weighted by molar-refractivity contribution is -0.170. The number of rotatable bonds is 5. The van der Waals surface area contributed by atoms with E-state index in [1.54, 1.807) is 18.2 Å². The summed E-state index contributed by atoms with van der Waals surface area (Å²) in [5.74, 6) is -1.78. The summed E-state index contributed by atoms with van der Waals surface area (Å²) >= 11 is 0. The molecule has 31 heavy (non-hydrogen) atoms. The molecule has 10 heteroatoms. The quantitative estimate of drug-likeness (QED) is 0.606. The molecule has 3 aliphatic rings. The van der Waals surface area contributed by atoms with E-state index < -0.39 is 30.1 Å². The van der Waals surface area contributed by atoms with E-state index in [4.69, 9.17) is 0 Å². The lowest BCUT2D eigenvalue weighted by atomic mass is 9.89. The minimum absolute atomic E-state index is 0.0911. The van der Waals surface area contributed by atoms with Crippen molar-refractivity contribution in [2.75, 3.05) is 13.1 Å². The van der Waals surface area contributed by atoms with E-state index in [1.807, 2.05) is 0 Å². The number of piperidine rings is 2. The third kappa shape index (κ3) is 4.45. The fraction of sp³-hybridized carbons (Fsp3) is 0.571. The van der Waals surface area contributed by atoms with Crippen molar-refractivity contribution in [3.05, 3.63) is 34.9 Å². The summed E-state index contributed by atoms with van der Waals surface area (Å²) in [4.78, 5) is 38.1. The molecule has 3 N–H and O–H groups in total. The maximum atomic E-state index is 13.7. The van der Waals surface area contributed by atoms with E-state index in [2.05, 4.69) is 16.0 Å². The van der Waals surface area contributed by atoms with Crippen molar-refractivity contribution in [3.8, 4) is 0 Å². The highest BCUT2D eigenvalue weighted by Crippen LogP contribution is 2.33. The van der Waals surface area contributed by atoms with Gasteiger partial charge in [0.05, 0.1) is 0 Å². The molecule has 1 aromatic rings. The Morgan fingerprint density at radius 2 is 1.87 bits per heavy atom. The van der Waals surface area contributed by atoms with Crippen LogP contribution in [0.1, 0.15) is 47.2 Å². The Morgan fingerprint density at radius 1 is 1.13 bits per heavy atom. The number of carbonyl (C=O) groups excluding carboxylic acids is 3. The highest BCUT2D eigenvalue weighted by molar-refractivity contribution is 6.05. The molecule has 2 saturated heterocycles. The number of alkyl halides is 3. The first-order valence-corrected chi connectivity index (χ1v) is 10.5. The summed E-state index contributed by atoms with van der Waals surface area (Å²) in [6, 6.07) is 2.71. The molecule has 2 atom stereocenters. The van der Waals surface area contributed by atoms with Gasteiger partial charge in [-0.05, 0) is 49.4 Å². The van der Waals surface area contributed by atoms with Crippen LogP contribution in [0.15, 0.2) is 18.2 Å². The van der Waals surface area contributed by atoms with E-state index in [0.717, 1.165) is 0 Å². The van der Waals surface area contributed by atoms with Crippen molar-refractivity contribution < 1.29 is 27.6 Å². The number of hydrogen-bond acceptors (Lipinski definition) is 5. The van der Waals surface area contributed by atoms with E-state index >= 15 is 0 Å². The Morgan fingerprint density at radius 3 is 2.55 bits per heavy atom. The van der Waals surface area contributed by atoms with Crippen molar-refractivity contribution in [2.45, 2.75) is 57.0 Å². The summed E-state index contributed by atoms with van der Waals surface area (Å²) in [5, 5.41) is 7.98. The van der Waals surface area contributed by atoms with Crippen LogP contribution in [-0.2, 0) is 22.7 Å². The summed E-state index contributed by atoms with van der Waals surface area (Å²) < 4.78 is 41.1. The van der Waals surface area contributed by atoms with E-state index in [1.165, 1.54) is 4.90 Å². The van der Waals surface area contributed by atoms with Gasteiger partial charge in [0.15, 0.2) is 0 Å². The molecule has 4 rings (SSSR count). The third-order valence-corrected chi connectivity index (χ3v) is 6.36. The van der Waals surface area contributed by atoms with Crippen LogP contribution >= 0.6 is 0 Å². The molecule has 3 amide bonds. The smallest absolute Gasteiger partial charge is 0.322 e. The highest BCUT2D eigenvalue weighted by Gasteiger charge is 2.45. The predicted molar refractivity (Wildman–Crippen MR) is 105 cm³/mol. The zero-order valence-electron chi connectivity index (χ0n) is 16.9. The van der Waals surface area contributed by atoms with Gasteiger partial charge in [0.25, 0.3) is 5.91 Å². The number of nitrogens with zero attached hydrogens (tertiary/aromatic N) is 1. The van der Waals surface area contributed by atoms with E-state index in [-0.39, 0.29) is 37.7 Å². The largest absolute Gasteiger partial charge is 0.404 e. The van der Waals surface area contributed by atoms with E-state index in [9.17, 15) is 27.6 Å². The lowest BCUT2D eigenvalue weighted by Crippen LogP contribution is -2.52. The van der Waals surface area contributed by atoms with Crippen molar-refractivity contribution in [2.24, 2.45) is 5.92 Å². The molecule has 0 bridgehead atoms. The van der Waals surface area contributed by atoms with Crippen LogP contribution in [0.25, 0.3) is 0 Å². The van der Waals surface area contributed by atoms with Gasteiger partial charge in [0, 0.05) is 25.1 Å². The molecule has 168 valence electrons. The van der Waals surface area contributed by atoms with Gasteiger partial charge in [-0.1, -0.05) is 18.2 Å². The Balaban J connectivity index is 1.51. The zero-order chi connectivity index (χ0) is 22.2. The maximum Gasteiger partial charge on any atom is 0.404 e. The Labute approximate surface area is 177 Å². The Hall–Kier alpha value is -2.46. The van der Waals surface area contributed by atoms with Gasteiger partial charge in [-0.15, -0.1) is 0 Å². The highest BCUT2D eigenvalue weighted by atomic mass is 19.4. The second-order valence-electron chi connectivity index (χ2n) is 8.34. The fourth-order valence-corrected chi connectivity index (χ4v) is 4.78. The molecule has 0 radical (unpaired) electrons. The summed E-state index contributed by atoms with van der Waals surface area (Å²) in [6.07, 6.45) is -3.13. The van der Waals surface area contributed by atoms with Crippen LogP contribution in [0.3, 0.4) is 0 Å². The third-order valence-electron chi connectivity index (χ3n) is 6.36. The predicted octanol–water partition coefficient (Wildman–Crippen LogP) is 1.47. The van der Waals surface area contributed by atoms with Crippen molar-refractivity contribution in [1.29, 1.82) is 0 Å². The molecule has 0 aliphatic carbocycles. The molecule has 1 aromatic carbocycles. The first kappa shape index (κ1) is 21.8. The molecule has 0 spiro atoms. The second-order valence-corrected chi connectivity index (χ2v) is 8.34. The number of carbonyl (C=O) groups is 3. The summed E-state index contributed by atoms with van der Waals surface area (Å²) in [5.41, 5.74) is 1.52. The Bertz CT molecular complexity index is 883. The van der Waals surface area contributed by atoms with Gasteiger partial charge in [0.2, 0.25) is 11.8 Å². The molecule has 7 nitrogen and oxygen atoms in total. The normalized spacial score (nSPS) is 23.6. The standard InChI is InChI=1S/C21H25F3N4O3/c22-21(23,24)18(12-6-8-25-9-7-12)26-10-13-2-1-3-14-11-28(20(31)17(13)14)15-4-5-16(29)27-19(15)30/h1-3,12,15,18,25-26H,4-11H2,(H,27,29,30). The van der Waals surface area contributed by atoms with Crippen LogP contribution in [0, 0.1) is 5.92 Å². The van der Waals surface area contributed by atoms with Crippen LogP contribution in [0.2, 0.25) is 0 Å². The van der Waals surface area contributed by atoms with Crippen molar-refractivity contribution in [1.82, 2.24) is 20.9 Å². The molecule has 2 unspecified atom stereocenters. The molecule has 0 saturated carbocycles. The molecule has 3 aliphatic heterocycles. The summed E-state index contributed by atoms with van der Waals surface area (Å²) in [6.45, 7) is 1.22. The number of amides is 3. The SMILES string of the molecule is O=C1CCC(N2Cc3cccc(CNC(C4CCNCC4)C(F)(F)F)c3C2=O)C(=O)N1. The topological polar surface area (TPSA) is 90.5 Å². The van der Waals surface area contributed by atoms with Gasteiger partial charge < -0.3 is 15.5 Å². The van der Waals surface area contributed by atoms with Crippen LogP contribution in [0.4, 0.5) is 13.2 Å². The fourth-order valence-electron chi connectivity index (χ4n) is 4.78. The minimum atomic E-state index is -4.39. The van der Waals surface area contributed by atoms with Gasteiger partial charge >= 0.3 is 6.18 Å². The van der Waals surface area contributed by atoms with Crippen molar-refractivity contribution in [3.63, 3.8) is 0 Å². The number of hydrogen-bond donors (Lipinski definition) is 3. The monoisotopic (exact) mass is 438 g/mol. The number of nitrogens with one attached hydrogen (secondary N) is 3. The average molecular weight is 438 g/mol. The molecule has 0 aromatic heterocycles. The van der Waals surface area contributed by atoms with E-state index in [0.29, 0.717) is 42.6 Å². The van der Waals surface area contributed by atoms with Gasteiger partial charge in [-0.2, -0.15) is 13.2 Å². The van der Waals surface area contributed by atoms with Gasteiger partial charge in [-0.25, -0.2) is 0 Å². The maximum absolute atomic E-state index is 13.7. The Kier molecular flexibility index (Phi) is 6.02. The first-order valence-electron chi connectivity index (χ1n) is 10.5. The van der Waals surface area contributed by atoms with Crippen LogP contribution in [0.5, 0.6) is 0 Å². The molecule has 2 fully saturated rings. The lowest BCUT2D eigenvalue weighted by Gasteiger charge is -2.33. The van der Waals surface area contributed by atoms with Gasteiger partial charge in [-0.3, -0.25) is 19.7 Å². The van der Waals surface area contributed by atoms with Crippen molar-refractivity contribution >= 4 is 17.7 Å². The number of halogens is 3. The molecular weight excluding hydrogens is 413 g/mol. The molecular formula is C21H25F3N4O3. The minimum Gasteiger partial charge on any atom is -0.322 e. The number of fused-ring (bicyclic) bond motifs is 1. The number of benzene rings is 1. The number of imide groups is 1. The second kappa shape index (κ2) is 8.58. The van der Waals surface area contributed by atoms with Crippen LogP contribution in [-0.4, -0.2) is 54.0 Å². The van der Waals surface area contributed by atoms with Gasteiger partial charge in [0.1, 0.15) is 12.1 Å². The first-order chi connectivity index (χ1) is 14.8. The average Bonchev–Trinajstić information content (AvgIpc) is 3.05. The summed E-state index contributed by atoms with van der Waals surface area (Å²) in [7, 11) is 0.